The minimum Gasteiger partial charge on any atom is -0.325 e. The number of fused-ring (bicyclic) bond motifs is 1. The van der Waals surface area contributed by atoms with Crippen LogP contribution in [0.5, 0.6) is 0 Å². The molecule has 0 spiro atoms. The number of nitrogens with two attached hydrogens (primary N) is 1. The van der Waals surface area contributed by atoms with Crippen molar-refractivity contribution in [1.29, 1.82) is 0 Å². The highest BCUT2D eigenvalue weighted by molar-refractivity contribution is 4.92. The zero-order valence-corrected chi connectivity index (χ0v) is 7.68. The third kappa shape index (κ3) is 1.83. The minimum atomic E-state index is -2.69. The van der Waals surface area contributed by atoms with Crippen molar-refractivity contribution in [2.24, 2.45) is 17.6 Å². The lowest BCUT2D eigenvalue weighted by molar-refractivity contribution is -0.0188. The molecule has 1 aliphatic carbocycles. The predicted molar refractivity (Wildman–Crippen MR) is 46.7 cm³/mol. The van der Waals surface area contributed by atoms with E-state index in [1.54, 1.807) is 0 Å². The SMILES string of the molecule is NCC(F)(F)CN1CC2CCC2C1. The van der Waals surface area contributed by atoms with Gasteiger partial charge in [-0.1, -0.05) is 0 Å². The van der Waals surface area contributed by atoms with E-state index in [4.69, 9.17) is 5.73 Å². The summed E-state index contributed by atoms with van der Waals surface area (Å²) in [4.78, 5) is 1.87. The van der Waals surface area contributed by atoms with E-state index in [-0.39, 0.29) is 6.54 Å². The molecule has 13 heavy (non-hydrogen) atoms. The van der Waals surface area contributed by atoms with Crippen molar-refractivity contribution >= 4 is 0 Å². The summed E-state index contributed by atoms with van der Waals surface area (Å²) < 4.78 is 25.8. The van der Waals surface area contributed by atoms with E-state index in [0.29, 0.717) is 11.8 Å². The monoisotopic (exact) mass is 190 g/mol. The van der Waals surface area contributed by atoms with Gasteiger partial charge < -0.3 is 5.73 Å². The lowest BCUT2D eigenvalue weighted by atomic mass is 9.77. The average molecular weight is 190 g/mol. The highest BCUT2D eigenvalue weighted by Crippen LogP contribution is 2.40. The van der Waals surface area contributed by atoms with Crippen molar-refractivity contribution < 1.29 is 8.78 Å². The predicted octanol–water partition coefficient (Wildman–Crippen LogP) is 0.922. The lowest BCUT2D eigenvalue weighted by Gasteiger charge is -2.28. The van der Waals surface area contributed by atoms with E-state index < -0.39 is 12.5 Å². The van der Waals surface area contributed by atoms with Gasteiger partial charge in [-0.25, -0.2) is 8.78 Å². The molecule has 2 unspecified atom stereocenters. The second-order valence-corrected chi connectivity index (χ2v) is 4.35. The molecule has 2 fully saturated rings. The number of alkyl halides is 2. The lowest BCUT2D eigenvalue weighted by Crippen LogP contribution is -2.40. The Balaban J connectivity index is 1.83. The van der Waals surface area contributed by atoms with Gasteiger partial charge in [0.05, 0.1) is 13.1 Å². The Hall–Kier alpha value is -0.220. The van der Waals surface area contributed by atoms with E-state index in [1.165, 1.54) is 12.8 Å². The summed E-state index contributed by atoms with van der Waals surface area (Å²) >= 11 is 0. The van der Waals surface area contributed by atoms with Gasteiger partial charge in [0.25, 0.3) is 5.92 Å². The van der Waals surface area contributed by atoms with Gasteiger partial charge in [0.15, 0.2) is 0 Å². The molecule has 1 heterocycles. The van der Waals surface area contributed by atoms with Crippen LogP contribution < -0.4 is 5.73 Å². The zero-order chi connectivity index (χ0) is 9.47. The molecule has 2 aliphatic rings. The van der Waals surface area contributed by atoms with Crippen molar-refractivity contribution in [3.05, 3.63) is 0 Å². The molecule has 2 rings (SSSR count). The molecule has 0 aromatic heterocycles. The van der Waals surface area contributed by atoms with E-state index in [0.717, 1.165) is 13.1 Å². The van der Waals surface area contributed by atoms with Crippen molar-refractivity contribution in [2.75, 3.05) is 26.2 Å². The number of hydrogen-bond acceptors (Lipinski definition) is 2. The van der Waals surface area contributed by atoms with Crippen molar-refractivity contribution in [1.82, 2.24) is 4.90 Å². The van der Waals surface area contributed by atoms with E-state index in [9.17, 15) is 8.78 Å². The maximum absolute atomic E-state index is 12.9. The quantitative estimate of drug-likeness (QED) is 0.717. The first-order chi connectivity index (χ1) is 6.11. The Kier molecular flexibility index (Phi) is 2.28. The van der Waals surface area contributed by atoms with E-state index in [2.05, 4.69) is 0 Å². The van der Waals surface area contributed by atoms with Crippen molar-refractivity contribution in [2.45, 2.75) is 18.8 Å². The molecule has 0 aromatic carbocycles. The summed E-state index contributed by atoms with van der Waals surface area (Å²) in [7, 11) is 0. The van der Waals surface area contributed by atoms with Crippen LogP contribution in [-0.2, 0) is 0 Å². The molecule has 1 aliphatic heterocycles. The maximum Gasteiger partial charge on any atom is 0.272 e. The van der Waals surface area contributed by atoms with Crippen molar-refractivity contribution in [3.8, 4) is 0 Å². The van der Waals surface area contributed by atoms with Crippen LogP contribution in [0.25, 0.3) is 0 Å². The molecule has 0 bridgehead atoms. The van der Waals surface area contributed by atoms with Crippen LogP contribution in [0.4, 0.5) is 8.78 Å². The summed E-state index contributed by atoms with van der Waals surface area (Å²) in [5.74, 6) is -1.29. The molecule has 0 aromatic rings. The highest BCUT2D eigenvalue weighted by Gasteiger charge is 2.42. The summed E-state index contributed by atoms with van der Waals surface area (Å²) in [6.07, 6.45) is 2.46. The summed E-state index contributed by atoms with van der Waals surface area (Å²) in [6.45, 7) is 1.05. The van der Waals surface area contributed by atoms with Crippen LogP contribution in [0.15, 0.2) is 0 Å². The second-order valence-electron chi connectivity index (χ2n) is 4.35. The smallest absolute Gasteiger partial charge is 0.272 e. The number of halogens is 2. The van der Waals surface area contributed by atoms with Gasteiger partial charge in [-0.05, 0) is 24.7 Å². The molecule has 1 saturated carbocycles. The zero-order valence-electron chi connectivity index (χ0n) is 7.68. The molecule has 0 amide bonds. The Labute approximate surface area is 77.1 Å². The van der Waals surface area contributed by atoms with Gasteiger partial charge in [-0.2, -0.15) is 0 Å². The maximum atomic E-state index is 12.9. The fourth-order valence-electron chi connectivity index (χ4n) is 2.38. The molecule has 2 N–H and O–H groups in total. The van der Waals surface area contributed by atoms with Gasteiger partial charge in [0.2, 0.25) is 0 Å². The van der Waals surface area contributed by atoms with Crippen LogP contribution in [0.1, 0.15) is 12.8 Å². The minimum absolute atomic E-state index is 0.142. The third-order valence-electron chi connectivity index (χ3n) is 3.31. The Bertz CT molecular complexity index is 184. The van der Waals surface area contributed by atoms with Crippen molar-refractivity contribution in [3.63, 3.8) is 0 Å². The first-order valence-corrected chi connectivity index (χ1v) is 4.91. The molecule has 1 saturated heterocycles. The topological polar surface area (TPSA) is 29.3 Å². The summed E-state index contributed by atoms with van der Waals surface area (Å²) in [5.41, 5.74) is 4.99. The van der Waals surface area contributed by atoms with Gasteiger partial charge in [-0.15, -0.1) is 0 Å². The summed E-state index contributed by atoms with van der Waals surface area (Å²) in [5, 5.41) is 0. The van der Waals surface area contributed by atoms with Crippen LogP contribution >= 0.6 is 0 Å². The van der Waals surface area contributed by atoms with Gasteiger partial charge in [0, 0.05) is 13.1 Å². The molecule has 0 radical (unpaired) electrons. The molecular formula is C9H16F2N2. The average Bonchev–Trinajstić information content (AvgIpc) is 2.30. The van der Waals surface area contributed by atoms with Crippen LogP contribution in [0.3, 0.4) is 0 Å². The van der Waals surface area contributed by atoms with Gasteiger partial charge in [-0.3, -0.25) is 4.90 Å². The van der Waals surface area contributed by atoms with Crippen LogP contribution in [0.2, 0.25) is 0 Å². The third-order valence-corrected chi connectivity index (χ3v) is 3.31. The molecule has 2 nitrogen and oxygen atoms in total. The van der Waals surface area contributed by atoms with Crippen LogP contribution in [-0.4, -0.2) is 37.0 Å². The second kappa shape index (κ2) is 3.17. The molecular weight excluding hydrogens is 174 g/mol. The fraction of sp³-hybridized carbons (Fsp3) is 1.00. The van der Waals surface area contributed by atoms with E-state index >= 15 is 0 Å². The first kappa shape index (κ1) is 9.34. The summed E-state index contributed by atoms with van der Waals surface area (Å²) in [6, 6.07) is 0. The van der Waals surface area contributed by atoms with Crippen LogP contribution in [0, 0.1) is 11.8 Å². The number of rotatable bonds is 3. The van der Waals surface area contributed by atoms with Gasteiger partial charge >= 0.3 is 0 Å². The fourth-order valence-corrected chi connectivity index (χ4v) is 2.38. The normalized spacial score (nSPS) is 34.4. The number of likely N-dealkylation sites (tertiary alicyclic amines) is 1. The highest BCUT2D eigenvalue weighted by atomic mass is 19.3. The molecule has 76 valence electrons. The Morgan fingerprint density at radius 3 is 2.15 bits per heavy atom. The number of nitrogens with zero attached hydrogens (tertiary/aromatic N) is 1. The standard InChI is InChI=1S/C9H16F2N2/c10-9(11,5-12)6-13-3-7-1-2-8(7)4-13/h7-8H,1-6,12H2. The van der Waals surface area contributed by atoms with E-state index in [1.807, 2.05) is 4.90 Å². The van der Waals surface area contributed by atoms with Gasteiger partial charge in [0.1, 0.15) is 0 Å². The Morgan fingerprint density at radius 2 is 1.77 bits per heavy atom. The first-order valence-electron chi connectivity index (χ1n) is 4.91. The molecule has 4 heteroatoms. The largest absolute Gasteiger partial charge is 0.325 e. The Morgan fingerprint density at radius 1 is 1.23 bits per heavy atom. The molecule has 2 atom stereocenters. The number of hydrogen-bond donors (Lipinski definition) is 1.